The van der Waals surface area contributed by atoms with Crippen LogP contribution in [0, 0.1) is 0 Å². The highest BCUT2D eigenvalue weighted by molar-refractivity contribution is 5.01. The normalized spacial score (nSPS) is 26.3. The Hall–Kier alpha value is -0.870. The first-order valence-corrected chi connectivity index (χ1v) is 5.88. The Balaban J connectivity index is 1.67. The van der Waals surface area contributed by atoms with Crippen molar-refractivity contribution in [3.63, 3.8) is 0 Å². The maximum atomic E-state index is 4.01. The van der Waals surface area contributed by atoms with Crippen LogP contribution in [0.1, 0.15) is 25.0 Å². The Kier molecular flexibility index (Phi) is 2.46. The molecule has 1 saturated heterocycles. The minimum Gasteiger partial charge on any atom is -0.315 e. The Bertz CT molecular complexity index is 298. The van der Waals surface area contributed by atoms with E-state index < -0.39 is 0 Å². The zero-order chi connectivity index (χ0) is 10.1. The largest absolute Gasteiger partial charge is 0.315 e. The van der Waals surface area contributed by atoms with Gasteiger partial charge in [0.05, 0.1) is 0 Å². The molecule has 0 amide bonds. The predicted octanol–water partition coefficient (Wildman–Crippen LogP) is 0.736. The molecular formula is C11H18N4. The van der Waals surface area contributed by atoms with Crippen LogP contribution >= 0.6 is 0 Å². The van der Waals surface area contributed by atoms with Gasteiger partial charge in [0.1, 0.15) is 0 Å². The van der Waals surface area contributed by atoms with Crippen LogP contribution in [0.25, 0.3) is 0 Å². The number of nitrogens with one attached hydrogen (secondary N) is 2. The zero-order valence-corrected chi connectivity index (χ0v) is 8.95. The van der Waals surface area contributed by atoms with E-state index in [4.69, 9.17) is 0 Å². The molecular weight excluding hydrogens is 188 g/mol. The predicted molar refractivity (Wildman–Crippen MR) is 58.4 cm³/mol. The highest BCUT2D eigenvalue weighted by Gasteiger charge is 2.35. The van der Waals surface area contributed by atoms with Crippen LogP contribution in [-0.2, 0) is 6.54 Å². The second-order valence-electron chi connectivity index (χ2n) is 4.63. The van der Waals surface area contributed by atoms with Gasteiger partial charge in [0.2, 0.25) is 0 Å². The maximum Gasteiger partial charge on any atom is 0.0492 e. The summed E-state index contributed by atoms with van der Waals surface area (Å²) < 4.78 is 0. The number of aromatic amines is 1. The van der Waals surface area contributed by atoms with E-state index in [0.29, 0.717) is 0 Å². The van der Waals surface area contributed by atoms with E-state index in [2.05, 4.69) is 26.5 Å². The van der Waals surface area contributed by atoms with Crippen molar-refractivity contribution in [3.05, 3.63) is 18.0 Å². The average Bonchev–Trinajstić information content (AvgIpc) is 2.78. The minimum atomic E-state index is 0.737. The van der Waals surface area contributed by atoms with Gasteiger partial charge in [-0.25, -0.2) is 0 Å². The number of hydrogen-bond donors (Lipinski definition) is 2. The van der Waals surface area contributed by atoms with E-state index in [-0.39, 0.29) is 0 Å². The molecule has 2 heterocycles. The lowest BCUT2D eigenvalue weighted by molar-refractivity contribution is 0.186. The van der Waals surface area contributed by atoms with E-state index >= 15 is 0 Å². The molecule has 2 N–H and O–H groups in total. The van der Waals surface area contributed by atoms with Crippen LogP contribution in [0.4, 0.5) is 0 Å². The van der Waals surface area contributed by atoms with Crippen molar-refractivity contribution >= 4 is 0 Å². The highest BCUT2D eigenvalue weighted by Crippen LogP contribution is 2.31. The molecule has 1 unspecified atom stereocenters. The number of aromatic nitrogens is 2. The average molecular weight is 206 g/mol. The van der Waals surface area contributed by atoms with Crippen LogP contribution in [0.15, 0.2) is 12.3 Å². The molecule has 0 spiro atoms. The number of H-pyrrole nitrogens is 1. The van der Waals surface area contributed by atoms with E-state index in [1.165, 1.54) is 31.5 Å². The van der Waals surface area contributed by atoms with Gasteiger partial charge in [-0.3, -0.25) is 10.00 Å². The fourth-order valence-corrected chi connectivity index (χ4v) is 2.45. The summed E-state index contributed by atoms with van der Waals surface area (Å²) in [5, 5.41) is 10.5. The van der Waals surface area contributed by atoms with E-state index in [0.717, 1.165) is 25.2 Å². The second kappa shape index (κ2) is 3.94. The van der Waals surface area contributed by atoms with Crippen molar-refractivity contribution in [2.75, 3.05) is 13.1 Å². The molecule has 4 nitrogen and oxygen atoms in total. The fourth-order valence-electron chi connectivity index (χ4n) is 2.45. The quantitative estimate of drug-likeness (QED) is 0.763. The number of hydrogen-bond acceptors (Lipinski definition) is 3. The summed E-state index contributed by atoms with van der Waals surface area (Å²) in [5.41, 5.74) is 1.24. The van der Waals surface area contributed by atoms with Gasteiger partial charge in [0.15, 0.2) is 0 Å². The first-order chi connectivity index (χ1) is 7.43. The summed E-state index contributed by atoms with van der Waals surface area (Å²) in [5.74, 6) is 0. The van der Waals surface area contributed by atoms with Gasteiger partial charge in [-0.15, -0.1) is 0 Å². The number of rotatable bonds is 4. The third-order valence-electron chi connectivity index (χ3n) is 3.43. The maximum absolute atomic E-state index is 4.01. The molecule has 3 rings (SSSR count). The molecule has 1 aliphatic heterocycles. The van der Waals surface area contributed by atoms with Crippen molar-refractivity contribution in [2.45, 2.75) is 37.9 Å². The summed E-state index contributed by atoms with van der Waals surface area (Å²) >= 11 is 0. The molecule has 4 heteroatoms. The molecule has 0 bridgehead atoms. The Morgan fingerprint density at radius 2 is 2.27 bits per heavy atom. The molecule has 82 valence electrons. The van der Waals surface area contributed by atoms with E-state index in [1.54, 1.807) is 0 Å². The molecule has 1 atom stereocenters. The summed E-state index contributed by atoms with van der Waals surface area (Å²) in [6.45, 7) is 3.37. The van der Waals surface area contributed by atoms with Gasteiger partial charge < -0.3 is 5.32 Å². The monoisotopic (exact) mass is 206 g/mol. The first-order valence-electron chi connectivity index (χ1n) is 5.88. The van der Waals surface area contributed by atoms with Crippen LogP contribution in [0.5, 0.6) is 0 Å². The first kappa shape index (κ1) is 9.36. The summed E-state index contributed by atoms with van der Waals surface area (Å²) in [6, 6.07) is 3.65. The molecule has 2 aliphatic rings. The summed E-state index contributed by atoms with van der Waals surface area (Å²) in [7, 11) is 0. The van der Waals surface area contributed by atoms with Crippen LogP contribution in [0.2, 0.25) is 0 Å². The van der Waals surface area contributed by atoms with Gasteiger partial charge >= 0.3 is 0 Å². The SMILES string of the molecule is c1cc(CN(C2CC2)C2CCNC2)[nH]n1. The summed E-state index contributed by atoms with van der Waals surface area (Å²) in [4.78, 5) is 2.65. The van der Waals surface area contributed by atoms with Crippen molar-refractivity contribution < 1.29 is 0 Å². The molecule has 2 fully saturated rings. The Labute approximate surface area is 90.0 Å². The van der Waals surface area contributed by atoms with Crippen molar-refractivity contribution in [1.29, 1.82) is 0 Å². The van der Waals surface area contributed by atoms with Crippen LogP contribution in [0.3, 0.4) is 0 Å². The molecule has 0 aromatic carbocycles. The number of nitrogens with zero attached hydrogens (tertiary/aromatic N) is 2. The van der Waals surface area contributed by atoms with Gasteiger partial charge in [-0.2, -0.15) is 5.10 Å². The Morgan fingerprint density at radius 3 is 2.87 bits per heavy atom. The van der Waals surface area contributed by atoms with Crippen molar-refractivity contribution in [1.82, 2.24) is 20.4 Å². The van der Waals surface area contributed by atoms with Crippen molar-refractivity contribution in [3.8, 4) is 0 Å². The highest BCUT2D eigenvalue weighted by atomic mass is 15.3. The molecule has 1 aromatic heterocycles. The fraction of sp³-hybridized carbons (Fsp3) is 0.727. The van der Waals surface area contributed by atoms with Gasteiger partial charge in [0, 0.05) is 37.1 Å². The second-order valence-corrected chi connectivity index (χ2v) is 4.63. The molecule has 1 aromatic rings. The smallest absolute Gasteiger partial charge is 0.0492 e. The lowest BCUT2D eigenvalue weighted by Crippen LogP contribution is -2.38. The lowest BCUT2D eigenvalue weighted by Gasteiger charge is -2.27. The van der Waals surface area contributed by atoms with E-state index in [9.17, 15) is 0 Å². The van der Waals surface area contributed by atoms with Gasteiger partial charge in [-0.05, 0) is 31.9 Å². The van der Waals surface area contributed by atoms with Gasteiger partial charge in [-0.1, -0.05) is 0 Å². The van der Waals surface area contributed by atoms with Crippen molar-refractivity contribution in [2.24, 2.45) is 0 Å². The standard InChI is InChI=1S/C11H18N4/c1-2-10(1)15(11-4-5-12-7-11)8-9-3-6-13-14-9/h3,6,10-12H,1-2,4-5,7-8H2,(H,13,14). The van der Waals surface area contributed by atoms with Gasteiger partial charge in [0.25, 0.3) is 0 Å². The molecule has 15 heavy (non-hydrogen) atoms. The molecule has 1 saturated carbocycles. The topological polar surface area (TPSA) is 44.0 Å². The lowest BCUT2D eigenvalue weighted by atomic mass is 10.2. The molecule has 0 radical (unpaired) electrons. The third-order valence-corrected chi connectivity index (χ3v) is 3.43. The van der Waals surface area contributed by atoms with E-state index in [1.807, 2.05) is 6.20 Å². The zero-order valence-electron chi connectivity index (χ0n) is 8.95. The minimum absolute atomic E-state index is 0.737. The van der Waals surface area contributed by atoms with Crippen LogP contribution < -0.4 is 5.32 Å². The summed E-state index contributed by atoms with van der Waals surface area (Å²) in [6.07, 6.45) is 5.90. The van der Waals surface area contributed by atoms with Crippen LogP contribution in [-0.4, -0.2) is 40.3 Å². The molecule has 1 aliphatic carbocycles. The Morgan fingerprint density at radius 1 is 1.33 bits per heavy atom. The third kappa shape index (κ3) is 2.06.